The first kappa shape index (κ1) is 18.5. The fraction of sp³-hybridized carbons (Fsp3) is 0.364. The summed E-state index contributed by atoms with van der Waals surface area (Å²) in [6, 6.07) is 10.2. The third-order valence-corrected chi connectivity index (χ3v) is 5.25. The van der Waals surface area contributed by atoms with E-state index in [-0.39, 0.29) is 18.5 Å². The lowest BCUT2D eigenvalue weighted by atomic mass is 10.1. The molecule has 3 aromatic rings. The summed E-state index contributed by atoms with van der Waals surface area (Å²) in [5.41, 5.74) is 2.67. The van der Waals surface area contributed by atoms with Crippen LogP contribution < -0.4 is 10.4 Å². The summed E-state index contributed by atoms with van der Waals surface area (Å²) in [4.78, 5) is 24.1. The molecule has 3 heterocycles. The molecule has 2 aromatic heterocycles. The van der Waals surface area contributed by atoms with Gasteiger partial charge in [0.05, 0.1) is 6.10 Å². The zero-order valence-corrected chi connectivity index (χ0v) is 16.1. The van der Waals surface area contributed by atoms with Crippen molar-refractivity contribution in [2.24, 2.45) is 0 Å². The van der Waals surface area contributed by atoms with Crippen LogP contribution in [-0.4, -0.2) is 29.7 Å². The Morgan fingerprint density at radius 2 is 2.04 bits per heavy atom. The second-order valence-electron chi connectivity index (χ2n) is 7.20. The van der Waals surface area contributed by atoms with Gasteiger partial charge >= 0.3 is 5.63 Å². The number of nitrogens with zero attached hydrogens (tertiary/aromatic N) is 1. The smallest absolute Gasteiger partial charge is 0.336 e. The summed E-state index contributed by atoms with van der Waals surface area (Å²) in [7, 11) is 0. The molecule has 0 radical (unpaired) electrons. The number of aromatic nitrogens is 1. The molecule has 28 heavy (non-hydrogen) atoms. The number of benzene rings is 1. The predicted molar refractivity (Wildman–Crippen MR) is 105 cm³/mol. The molecule has 0 unspecified atom stereocenters. The second kappa shape index (κ2) is 7.64. The lowest BCUT2D eigenvalue weighted by molar-refractivity contribution is 0.0914. The zero-order chi connectivity index (χ0) is 19.7. The number of aryl methyl sites for hydroxylation is 1. The molecule has 1 saturated heterocycles. The minimum Gasteiger partial charge on any atom is -0.485 e. The van der Waals surface area contributed by atoms with Gasteiger partial charge in [-0.2, -0.15) is 0 Å². The topological polar surface area (TPSA) is 70.7 Å². The van der Waals surface area contributed by atoms with E-state index in [1.807, 2.05) is 19.9 Å². The van der Waals surface area contributed by atoms with Crippen molar-refractivity contribution in [3.63, 3.8) is 0 Å². The van der Waals surface area contributed by atoms with E-state index in [9.17, 15) is 9.59 Å². The van der Waals surface area contributed by atoms with Crippen molar-refractivity contribution in [2.45, 2.75) is 39.3 Å². The Kier molecular flexibility index (Phi) is 5.05. The number of hydrogen-bond acceptors (Lipinski definition) is 5. The van der Waals surface area contributed by atoms with Crippen LogP contribution >= 0.6 is 0 Å². The summed E-state index contributed by atoms with van der Waals surface area (Å²) in [6.07, 6.45) is 2.37. The van der Waals surface area contributed by atoms with Crippen LogP contribution in [0, 0.1) is 13.8 Å². The van der Waals surface area contributed by atoms with Crippen molar-refractivity contribution in [2.75, 3.05) is 13.2 Å². The molecule has 6 nitrogen and oxygen atoms in total. The summed E-state index contributed by atoms with van der Waals surface area (Å²) < 4.78 is 18.7. The number of Topliss-reactive ketones (excluding diaryl/α,β-unsaturated/α-hetero) is 1. The molecule has 1 atom stereocenters. The number of hydrogen-bond donors (Lipinski definition) is 0. The molecular weight excluding hydrogens is 358 g/mol. The van der Waals surface area contributed by atoms with Gasteiger partial charge in [0, 0.05) is 47.6 Å². The molecule has 6 heteroatoms. The Bertz CT molecular complexity index is 1070. The molecule has 0 spiro atoms. The summed E-state index contributed by atoms with van der Waals surface area (Å²) >= 11 is 0. The molecule has 0 bridgehead atoms. The van der Waals surface area contributed by atoms with Gasteiger partial charge < -0.3 is 18.5 Å². The van der Waals surface area contributed by atoms with Gasteiger partial charge in [0.25, 0.3) is 0 Å². The molecule has 1 aromatic carbocycles. The lowest BCUT2D eigenvalue weighted by Gasteiger charge is -2.14. The maximum absolute atomic E-state index is 12.7. The van der Waals surface area contributed by atoms with E-state index in [1.165, 1.54) is 6.07 Å². The Labute approximate surface area is 162 Å². The highest BCUT2D eigenvalue weighted by Crippen LogP contribution is 2.22. The van der Waals surface area contributed by atoms with Crippen LogP contribution in [0.15, 0.2) is 45.6 Å². The molecule has 1 aliphatic rings. The number of carbonyl (C=O) groups excluding carboxylic acids is 1. The number of ether oxygens (including phenoxy) is 2. The first-order valence-electron chi connectivity index (χ1n) is 9.49. The molecule has 1 fully saturated rings. The van der Waals surface area contributed by atoms with Crippen molar-refractivity contribution < 1.29 is 18.7 Å². The maximum atomic E-state index is 12.7. The second-order valence-corrected chi connectivity index (χ2v) is 7.20. The first-order valence-corrected chi connectivity index (χ1v) is 9.49. The van der Waals surface area contributed by atoms with Crippen molar-refractivity contribution in [3.05, 3.63) is 63.8 Å². The summed E-state index contributed by atoms with van der Waals surface area (Å²) in [6.45, 7) is 5.47. The average molecular weight is 381 g/mol. The normalized spacial score (nSPS) is 16.6. The monoisotopic (exact) mass is 381 g/mol. The van der Waals surface area contributed by atoms with Crippen LogP contribution in [-0.2, 0) is 11.3 Å². The highest BCUT2D eigenvalue weighted by molar-refractivity contribution is 5.98. The van der Waals surface area contributed by atoms with Crippen LogP contribution in [0.1, 0.15) is 34.6 Å². The quantitative estimate of drug-likeness (QED) is 0.481. The summed E-state index contributed by atoms with van der Waals surface area (Å²) in [5.74, 6) is 0.407. The molecule has 0 aliphatic carbocycles. The van der Waals surface area contributed by atoms with E-state index in [0.717, 1.165) is 42.8 Å². The lowest BCUT2D eigenvalue weighted by Crippen LogP contribution is -2.18. The Hall–Kier alpha value is -2.86. The van der Waals surface area contributed by atoms with Gasteiger partial charge in [0.1, 0.15) is 11.3 Å². The highest BCUT2D eigenvalue weighted by atomic mass is 16.5. The van der Waals surface area contributed by atoms with Gasteiger partial charge in [-0.15, -0.1) is 0 Å². The standard InChI is InChI=1S/C22H23NO5/c1-14-10-19(15(2)23(14)12-18-4-3-9-26-18)20(24)13-27-17-7-5-16-6-8-22(25)28-21(16)11-17/h5-8,10-11,18H,3-4,9,12-13H2,1-2H3/t18-/m1/s1. The van der Waals surface area contributed by atoms with Crippen LogP contribution in [0.2, 0.25) is 0 Å². The molecular formula is C22H23NO5. The van der Waals surface area contributed by atoms with Crippen molar-refractivity contribution in [1.29, 1.82) is 0 Å². The number of rotatable bonds is 6. The van der Waals surface area contributed by atoms with Gasteiger partial charge in [-0.25, -0.2) is 4.79 Å². The molecule has 0 N–H and O–H groups in total. The Morgan fingerprint density at radius 1 is 1.21 bits per heavy atom. The van der Waals surface area contributed by atoms with Crippen LogP contribution in [0.4, 0.5) is 0 Å². The zero-order valence-electron chi connectivity index (χ0n) is 16.1. The molecule has 1 aliphatic heterocycles. The Balaban J connectivity index is 1.47. The van der Waals surface area contributed by atoms with Gasteiger partial charge in [-0.3, -0.25) is 4.79 Å². The molecule has 146 valence electrons. The number of fused-ring (bicyclic) bond motifs is 1. The molecule has 0 saturated carbocycles. The Morgan fingerprint density at radius 3 is 2.82 bits per heavy atom. The average Bonchev–Trinajstić information content (AvgIpc) is 3.29. The minimum absolute atomic E-state index is 0.0766. The fourth-order valence-electron chi connectivity index (χ4n) is 3.71. The van der Waals surface area contributed by atoms with Crippen LogP contribution in [0.3, 0.4) is 0 Å². The predicted octanol–water partition coefficient (Wildman–Crippen LogP) is 3.65. The van der Waals surface area contributed by atoms with Crippen molar-refractivity contribution in [3.8, 4) is 5.75 Å². The third-order valence-electron chi connectivity index (χ3n) is 5.25. The van der Waals surface area contributed by atoms with Crippen LogP contribution in [0.5, 0.6) is 5.75 Å². The third kappa shape index (κ3) is 3.73. The summed E-state index contributed by atoms with van der Waals surface area (Å²) in [5, 5.41) is 0.802. The van der Waals surface area contributed by atoms with E-state index in [2.05, 4.69) is 4.57 Å². The van der Waals surface area contributed by atoms with Crippen molar-refractivity contribution in [1.82, 2.24) is 4.57 Å². The number of carbonyl (C=O) groups is 1. The highest BCUT2D eigenvalue weighted by Gasteiger charge is 2.21. The molecule has 0 amide bonds. The van der Waals surface area contributed by atoms with E-state index >= 15 is 0 Å². The molecule has 4 rings (SSSR count). The van der Waals surface area contributed by atoms with Gasteiger partial charge in [-0.1, -0.05) is 0 Å². The van der Waals surface area contributed by atoms with Gasteiger partial charge in [0.15, 0.2) is 6.61 Å². The van der Waals surface area contributed by atoms with E-state index in [4.69, 9.17) is 13.9 Å². The number of ketones is 1. The fourth-order valence-corrected chi connectivity index (χ4v) is 3.71. The minimum atomic E-state index is -0.417. The van der Waals surface area contributed by atoms with Crippen LogP contribution in [0.25, 0.3) is 11.0 Å². The van der Waals surface area contributed by atoms with Gasteiger partial charge in [0.2, 0.25) is 5.78 Å². The SMILES string of the molecule is Cc1cc(C(=O)COc2ccc3ccc(=O)oc3c2)c(C)n1C[C@H]1CCCO1. The van der Waals surface area contributed by atoms with Gasteiger partial charge in [-0.05, 0) is 51.0 Å². The van der Waals surface area contributed by atoms with E-state index in [1.54, 1.807) is 24.3 Å². The largest absolute Gasteiger partial charge is 0.485 e. The first-order chi connectivity index (χ1) is 13.5. The maximum Gasteiger partial charge on any atom is 0.336 e. The van der Waals surface area contributed by atoms with E-state index < -0.39 is 5.63 Å². The van der Waals surface area contributed by atoms with Crippen molar-refractivity contribution >= 4 is 16.8 Å². The van der Waals surface area contributed by atoms with E-state index in [0.29, 0.717) is 16.9 Å².